The molecule has 0 aliphatic rings. The summed E-state index contributed by atoms with van der Waals surface area (Å²) in [5.41, 5.74) is 1.99. The first kappa shape index (κ1) is 8.44. The summed E-state index contributed by atoms with van der Waals surface area (Å²) in [5.74, 6) is 0.851. The van der Waals surface area contributed by atoms with Crippen molar-refractivity contribution >= 4 is 22.8 Å². The second-order valence-electron chi connectivity index (χ2n) is 2.63. The molecule has 2 rings (SSSR count). The molecule has 0 saturated carbocycles. The maximum Gasteiger partial charge on any atom is 0.166 e. The molecule has 0 radical (unpaired) electrons. The van der Waals surface area contributed by atoms with Crippen molar-refractivity contribution in [3.05, 3.63) is 18.2 Å². The molecule has 3 nitrogen and oxygen atoms in total. The van der Waals surface area contributed by atoms with Gasteiger partial charge in [-0.3, -0.25) is 0 Å². The van der Waals surface area contributed by atoms with Crippen molar-refractivity contribution < 1.29 is 4.74 Å². The van der Waals surface area contributed by atoms with Gasteiger partial charge in [0.2, 0.25) is 0 Å². The minimum absolute atomic E-state index is 0.851. The average molecular weight is 194 g/mol. The highest BCUT2D eigenvalue weighted by molar-refractivity contribution is 7.98. The Bertz CT molecular complexity index is 422. The van der Waals surface area contributed by atoms with Crippen LogP contribution in [0.4, 0.5) is 0 Å². The van der Waals surface area contributed by atoms with Crippen molar-refractivity contribution in [2.75, 3.05) is 13.4 Å². The van der Waals surface area contributed by atoms with Gasteiger partial charge < -0.3 is 9.72 Å². The van der Waals surface area contributed by atoms with Crippen molar-refractivity contribution in [1.82, 2.24) is 9.97 Å². The molecule has 2 aromatic rings. The molecule has 68 valence electrons. The van der Waals surface area contributed by atoms with E-state index in [2.05, 4.69) is 9.97 Å². The van der Waals surface area contributed by atoms with Crippen LogP contribution in [0, 0.1) is 0 Å². The summed E-state index contributed by atoms with van der Waals surface area (Å²) in [4.78, 5) is 7.55. The number of rotatable bonds is 2. The number of ether oxygens (including phenoxy) is 1. The Morgan fingerprint density at radius 2 is 2.31 bits per heavy atom. The predicted molar refractivity (Wildman–Crippen MR) is 54.4 cm³/mol. The summed E-state index contributed by atoms with van der Waals surface area (Å²) >= 11 is 1.60. The summed E-state index contributed by atoms with van der Waals surface area (Å²) < 4.78 is 5.11. The van der Waals surface area contributed by atoms with E-state index in [1.807, 2.05) is 24.5 Å². The maximum atomic E-state index is 5.11. The van der Waals surface area contributed by atoms with Crippen molar-refractivity contribution in [3.8, 4) is 5.75 Å². The lowest BCUT2D eigenvalue weighted by atomic mass is 10.3. The number of fused-ring (bicyclic) bond motifs is 1. The van der Waals surface area contributed by atoms with E-state index in [0.717, 1.165) is 21.9 Å². The highest BCUT2D eigenvalue weighted by Crippen LogP contribution is 2.21. The number of nitrogens with zero attached hydrogens (tertiary/aromatic N) is 1. The number of hydrogen-bond acceptors (Lipinski definition) is 3. The summed E-state index contributed by atoms with van der Waals surface area (Å²) in [5, 5.41) is 0.934. The Morgan fingerprint density at radius 1 is 1.46 bits per heavy atom. The largest absolute Gasteiger partial charge is 0.497 e. The summed E-state index contributed by atoms with van der Waals surface area (Å²) in [6, 6.07) is 5.81. The molecule has 0 spiro atoms. The van der Waals surface area contributed by atoms with E-state index in [1.54, 1.807) is 18.9 Å². The Morgan fingerprint density at radius 3 is 3.00 bits per heavy atom. The van der Waals surface area contributed by atoms with Gasteiger partial charge >= 0.3 is 0 Å². The fourth-order valence-electron chi connectivity index (χ4n) is 1.19. The molecule has 1 N–H and O–H groups in total. The highest BCUT2D eigenvalue weighted by atomic mass is 32.2. The monoisotopic (exact) mass is 194 g/mol. The lowest BCUT2D eigenvalue weighted by molar-refractivity contribution is 0.415. The van der Waals surface area contributed by atoms with Crippen LogP contribution < -0.4 is 4.74 Å². The minimum Gasteiger partial charge on any atom is -0.497 e. The molecule has 0 bridgehead atoms. The van der Waals surface area contributed by atoms with Crippen LogP contribution in [0.5, 0.6) is 5.75 Å². The van der Waals surface area contributed by atoms with Gasteiger partial charge in [0.1, 0.15) is 5.75 Å². The Balaban J connectivity index is 2.57. The van der Waals surface area contributed by atoms with Crippen LogP contribution in [-0.2, 0) is 0 Å². The van der Waals surface area contributed by atoms with Crippen LogP contribution in [-0.4, -0.2) is 23.3 Å². The number of hydrogen-bond donors (Lipinski definition) is 1. The molecule has 0 amide bonds. The van der Waals surface area contributed by atoms with Gasteiger partial charge in [0, 0.05) is 6.07 Å². The first-order valence-corrected chi connectivity index (χ1v) is 5.13. The number of aromatic amines is 1. The van der Waals surface area contributed by atoms with Gasteiger partial charge in [-0.25, -0.2) is 4.98 Å². The first-order chi connectivity index (χ1) is 6.33. The van der Waals surface area contributed by atoms with Gasteiger partial charge in [0.05, 0.1) is 18.1 Å². The lowest BCUT2D eigenvalue weighted by Gasteiger charge is -1.96. The molecule has 0 atom stereocenters. The topological polar surface area (TPSA) is 37.9 Å². The quantitative estimate of drug-likeness (QED) is 0.745. The minimum atomic E-state index is 0.851. The van der Waals surface area contributed by atoms with Crippen LogP contribution in [0.15, 0.2) is 23.4 Å². The van der Waals surface area contributed by atoms with Gasteiger partial charge in [0.15, 0.2) is 5.16 Å². The van der Waals surface area contributed by atoms with Crippen molar-refractivity contribution in [2.24, 2.45) is 0 Å². The van der Waals surface area contributed by atoms with Crippen molar-refractivity contribution in [3.63, 3.8) is 0 Å². The molecule has 0 fully saturated rings. The zero-order valence-electron chi connectivity index (χ0n) is 7.50. The van der Waals surface area contributed by atoms with Gasteiger partial charge in [-0.2, -0.15) is 0 Å². The summed E-state index contributed by atoms with van der Waals surface area (Å²) in [6.07, 6.45) is 1.99. The Kier molecular flexibility index (Phi) is 2.14. The molecule has 0 saturated heterocycles. The van der Waals surface area contributed by atoms with E-state index in [1.165, 1.54) is 0 Å². The Labute approximate surface area is 80.5 Å². The van der Waals surface area contributed by atoms with Gasteiger partial charge in [-0.05, 0) is 18.4 Å². The third-order valence-corrected chi connectivity index (χ3v) is 2.44. The van der Waals surface area contributed by atoms with Crippen molar-refractivity contribution in [1.29, 1.82) is 0 Å². The van der Waals surface area contributed by atoms with Gasteiger partial charge in [-0.1, -0.05) is 11.8 Å². The van der Waals surface area contributed by atoms with Gasteiger partial charge in [-0.15, -0.1) is 0 Å². The SMILES string of the molecule is COc1ccc2nc(SC)[nH]c2c1. The molecular formula is C9H10N2OS. The number of methoxy groups -OCH3 is 1. The highest BCUT2D eigenvalue weighted by Gasteiger charge is 2.01. The molecule has 1 aromatic carbocycles. The van der Waals surface area contributed by atoms with E-state index >= 15 is 0 Å². The zero-order valence-corrected chi connectivity index (χ0v) is 8.31. The maximum absolute atomic E-state index is 5.11. The van der Waals surface area contributed by atoms with Crippen LogP contribution in [0.2, 0.25) is 0 Å². The fourth-order valence-corrected chi connectivity index (χ4v) is 1.59. The van der Waals surface area contributed by atoms with Crippen LogP contribution in [0.1, 0.15) is 0 Å². The molecule has 0 aliphatic carbocycles. The molecule has 1 aromatic heterocycles. The third-order valence-electron chi connectivity index (χ3n) is 1.86. The van der Waals surface area contributed by atoms with E-state index < -0.39 is 0 Å². The van der Waals surface area contributed by atoms with Crippen LogP contribution >= 0.6 is 11.8 Å². The fraction of sp³-hybridized carbons (Fsp3) is 0.222. The van der Waals surface area contributed by atoms with Crippen LogP contribution in [0.25, 0.3) is 11.0 Å². The Hall–Kier alpha value is -1.16. The number of imidazole rings is 1. The van der Waals surface area contributed by atoms with E-state index in [4.69, 9.17) is 4.74 Å². The van der Waals surface area contributed by atoms with E-state index in [-0.39, 0.29) is 0 Å². The molecule has 1 heterocycles. The molecule has 4 heteroatoms. The third kappa shape index (κ3) is 1.49. The van der Waals surface area contributed by atoms with E-state index in [9.17, 15) is 0 Å². The number of benzene rings is 1. The number of nitrogens with one attached hydrogen (secondary N) is 1. The first-order valence-electron chi connectivity index (χ1n) is 3.91. The summed E-state index contributed by atoms with van der Waals surface area (Å²) in [7, 11) is 1.66. The van der Waals surface area contributed by atoms with Crippen molar-refractivity contribution in [2.45, 2.75) is 5.16 Å². The van der Waals surface area contributed by atoms with E-state index in [0.29, 0.717) is 0 Å². The van der Waals surface area contributed by atoms with Crippen LogP contribution in [0.3, 0.4) is 0 Å². The number of aromatic nitrogens is 2. The number of H-pyrrole nitrogens is 1. The van der Waals surface area contributed by atoms with Gasteiger partial charge in [0.25, 0.3) is 0 Å². The molecular weight excluding hydrogens is 184 g/mol. The second-order valence-corrected chi connectivity index (χ2v) is 3.42. The number of thioether (sulfide) groups is 1. The standard InChI is InChI=1S/C9H10N2OS/c1-12-6-3-4-7-8(5-6)11-9(10-7)13-2/h3-5H,1-2H3,(H,10,11). The summed E-state index contributed by atoms with van der Waals surface area (Å²) in [6.45, 7) is 0. The molecule has 13 heavy (non-hydrogen) atoms. The second kappa shape index (κ2) is 3.30. The average Bonchev–Trinajstić information content (AvgIpc) is 2.58. The zero-order chi connectivity index (χ0) is 9.26. The lowest BCUT2D eigenvalue weighted by Crippen LogP contribution is -1.81. The smallest absolute Gasteiger partial charge is 0.166 e. The normalized spacial score (nSPS) is 10.6. The molecule has 0 aliphatic heterocycles. The predicted octanol–water partition coefficient (Wildman–Crippen LogP) is 2.29. The molecule has 0 unspecified atom stereocenters.